The van der Waals surface area contributed by atoms with E-state index >= 15 is 0 Å². The van der Waals surface area contributed by atoms with E-state index in [0.29, 0.717) is 24.4 Å². The van der Waals surface area contributed by atoms with Crippen LogP contribution in [0.3, 0.4) is 0 Å². The maximum atomic E-state index is 12.3. The van der Waals surface area contributed by atoms with Crippen LogP contribution < -0.4 is 0 Å². The third-order valence-corrected chi connectivity index (χ3v) is 6.18. The van der Waals surface area contributed by atoms with Crippen molar-refractivity contribution in [2.45, 2.75) is 65.6 Å². The minimum absolute atomic E-state index is 0.343. The third kappa shape index (κ3) is 3.95. The first kappa shape index (κ1) is 16.0. The quantitative estimate of drug-likeness (QED) is 0.775. The van der Waals surface area contributed by atoms with Crippen LogP contribution in [0, 0.1) is 11.3 Å². The van der Waals surface area contributed by atoms with E-state index in [1.165, 1.54) is 6.42 Å². The summed E-state index contributed by atoms with van der Waals surface area (Å²) in [5.74, 6) is 0.677. The first-order chi connectivity index (χ1) is 7.93. The Hall–Kier alpha value is -0.0900. The van der Waals surface area contributed by atoms with Gasteiger partial charge in [-0.15, -0.1) is 0 Å². The van der Waals surface area contributed by atoms with E-state index in [-0.39, 0.29) is 0 Å². The zero-order chi connectivity index (χ0) is 14.2. The lowest BCUT2D eigenvalue weighted by Crippen LogP contribution is -2.46. The lowest BCUT2D eigenvalue weighted by Gasteiger charge is -2.37. The number of hydrogen-bond donors (Lipinski definition) is 0. The first-order valence-corrected chi connectivity index (χ1v) is 8.37. The summed E-state index contributed by atoms with van der Waals surface area (Å²) in [7, 11) is -3.13. The van der Waals surface area contributed by atoms with Crippen molar-refractivity contribution in [3.05, 3.63) is 0 Å². The lowest BCUT2D eigenvalue weighted by molar-refractivity contribution is 0.205. The van der Waals surface area contributed by atoms with Gasteiger partial charge in [-0.05, 0) is 51.4 Å². The Labute approximate surface area is 113 Å². The Morgan fingerprint density at radius 2 is 1.44 bits per heavy atom. The highest BCUT2D eigenvalue weighted by Crippen LogP contribution is 2.33. The van der Waals surface area contributed by atoms with Gasteiger partial charge in [0.05, 0.1) is 4.75 Å². The summed E-state index contributed by atoms with van der Waals surface area (Å²) in [5, 5.41) is 0. The van der Waals surface area contributed by atoms with Crippen molar-refractivity contribution >= 4 is 10.0 Å². The summed E-state index contributed by atoms with van der Waals surface area (Å²) in [4.78, 5) is 0. The molecule has 0 radical (unpaired) electrons. The maximum Gasteiger partial charge on any atom is 0.219 e. The van der Waals surface area contributed by atoms with Gasteiger partial charge in [-0.3, -0.25) is 0 Å². The van der Waals surface area contributed by atoms with E-state index < -0.39 is 14.8 Å². The van der Waals surface area contributed by atoms with Gasteiger partial charge >= 0.3 is 0 Å². The van der Waals surface area contributed by atoms with E-state index in [1.54, 1.807) is 25.1 Å². The number of sulfonamides is 1. The van der Waals surface area contributed by atoms with Gasteiger partial charge in [0, 0.05) is 13.1 Å². The van der Waals surface area contributed by atoms with Crippen LogP contribution in [0.4, 0.5) is 0 Å². The smallest absolute Gasteiger partial charge is 0.212 e. The average molecular weight is 275 g/mol. The van der Waals surface area contributed by atoms with Gasteiger partial charge in [-0.2, -0.15) is 0 Å². The van der Waals surface area contributed by atoms with Crippen LogP contribution in [-0.4, -0.2) is 30.6 Å². The van der Waals surface area contributed by atoms with Crippen molar-refractivity contribution in [1.82, 2.24) is 4.31 Å². The van der Waals surface area contributed by atoms with Crippen LogP contribution in [0.15, 0.2) is 0 Å². The molecule has 0 atom stereocenters. The summed E-state index contributed by atoms with van der Waals surface area (Å²) in [6.45, 7) is 13.5. The minimum Gasteiger partial charge on any atom is -0.212 e. The molecule has 0 bridgehead atoms. The number of hydrogen-bond acceptors (Lipinski definition) is 2. The van der Waals surface area contributed by atoms with Gasteiger partial charge in [0.15, 0.2) is 0 Å². The average Bonchev–Trinajstić information content (AvgIpc) is 2.14. The zero-order valence-corrected chi connectivity index (χ0v) is 13.6. The molecule has 1 aliphatic heterocycles. The number of rotatable bonds is 2. The van der Waals surface area contributed by atoms with Crippen molar-refractivity contribution in [2.75, 3.05) is 13.1 Å². The molecule has 1 aliphatic rings. The third-order valence-electron chi connectivity index (χ3n) is 3.59. The van der Waals surface area contributed by atoms with Gasteiger partial charge in [0.2, 0.25) is 10.0 Å². The maximum absolute atomic E-state index is 12.3. The Morgan fingerprint density at radius 1 is 1.00 bits per heavy atom. The molecule has 0 aromatic heterocycles. The highest BCUT2D eigenvalue weighted by molar-refractivity contribution is 7.90. The van der Waals surface area contributed by atoms with E-state index in [4.69, 9.17) is 0 Å². The standard InChI is InChI=1S/C14H29NO2S/c1-13(2,3)11-12-7-9-15(10-8-12)18(16,17)14(4,5)6/h12H,7-11H2,1-6H3. The van der Waals surface area contributed by atoms with Crippen molar-refractivity contribution in [2.24, 2.45) is 11.3 Å². The Kier molecular flexibility index (Phi) is 4.54. The zero-order valence-electron chi connectivity index (χ0n) is 12.8. The minimum atomic E-state index is -3.13. The van der Waals surface area contributed by atoms with E-state index in [9.17, 15) is 8.42 Å². The molecule has 0 spiro atoms. The molecule has 3 nitrogen and oxygen atoms in total. The molecule has 0 unspecified atom stereocenters. The van der Waals surface area contributed by atoms with Crippen LogP contribution in [-0.2, 0) is 10.0 Å². The highest BCUT2D eigenvalue weighted by Gasteiger charge is 2.37. The lowest BCUT2D eigenvalue weighted by atomic mass is 9.81. The predicted molar refractivity (Wildman–Crippen MR) is 77.0 cm³/mol. The molecular weight excluding hydrogens is 246 g/mol. The molecule has 1 saturated heterocycles. The molecule has 0 aliphatic carbocycles. The molecular formula is C14H29NO2S. The molecule has 0 N–H and O–H groups in total. The van der Waals surface area contributed by atoms with Crippen LogP contribution in [0.2, 0.25) is 0 Å². The fraction of sp³-hybridized carbons (Fsp3) is 1.00. The summed E-state index contributed by atoms with van der Waals surface area (Å²) < 4.78 is 25.7. The van der Waals surface area contributed by atoms with Crippen LogP contribution >= 0.6 is 0 Å². The monoisotopic (exact) mass is 275 g/mol. The Balaban J connectivity index is 2.60. The Morgan fingerprint density at radius 3 is 1.78 bits per heavy atom. The summed E-state index contributed by atoms with van der Waals surface area (Å²) in [6.07, 6.45) is 3.20. The number of nitrogens with zero attached hydrogens (tertiary/aromatic N) is 1. The molecule has 4 heteroatoms. The second-order valence-electron chi connectivity index (χ2n) is 7.72. The molecule has 1 heterocycles. The second-order valence-corrected chi connectivity index (χ2v) is 10.4. The largest absolute Gasteiger partial charge is 0.219 e. The normalized spacial score (nSPS) is 21.2. The van der Waals surface area contributed by atoms with Gasteiger partial charge in [-0.1, -0.05) is 20.8 Å². The van der Waals surface area contributed by atoms with Crippen LogP contribution in [0.1, 0.15) is 60.8 Å². The predicted octanol–water partition coefficient (Wildman–Crippen LogP) is 3.26. The van der Waals surface area contributed by atoms with Crippen molar-refractivity contribution in [3.63, 3.8) is 0 Å². The topological polar surface area (TPSA) is 37.4 Å². The van der Waals surface area contributed by atoms with Crippen LogP contribution in [0.5, 0.6) is 0 Å². The fourth-order valence-electron chi connectivity index (χ4n) is 2.61. The molecule has 18 heavy (non-hydrogen) atoms. The van der Waals surface area contributed by atoms with Gasteiger partial charge in [0.1, 0.15) is 0 Å². The van der Waals surface area contributed by atoms with E-state index in [2.05, 4.69) is 20.8 Å². The summed E-state index contributed by atoms with van der Waals surface area (Å²) in [6, 6.07) is 0. The van der Waals surface area contributed by atoms with Crippen molar-refractivity contribution < 1.29 is 8.42 Å². The fourth-order valence-corrected chi connectivity index (χ4v) is 4.07. The van der Waals surface area contributed by atoms with Crippen molar-refractivity contribution in [3.8, 4) is 0 Å². The molecule has 108 valence electrons. The SMILES string of the molecule is CC(C)(C)CC1CCN(S(=O)(=O)C(C)(C)C)CC1. The summed E-state index contributed by atoms with van der Waals surface area (Å²) >= 11 is 0. The van der Waals surface area contributed by atoms with Gasteiger partial charge in [0.25, 0.3) is 0 Å². The van der Waals surface area contributed by atoms with E-state index in [1.807, 2.05) is 0 Å². The highest BCUT2D eigenvalue weighted by atomic mass is 32.2. The molecule has 0 saturated carbocycles. The molecule has 0 amide bonds. The molecule has 1 fully saturated rings. The molecule has 1 rings (SSSR count). The van der Waals surface area contributed by atoms with Crippen molar-refractivity contribution in [1.29, 1.82) is 0 Å². The van der Waals surface area contributed by atoms with Gasteiger partial charge in [-0.25, -0.2) is 12.7 Å². The second kappa shape index (κ2) is 5.12. The molecule has 0 aromatic rings. The van der Waals surface area contributed by atoms with E-state index in [0.717, 1.165) is 12.8 Å². The Bertz CT molecular complexity index is 366. The number of piperidine rings is 1. The molecule has 0 aromatic carbocycles. The van der Waals surface area contributed by atoms with Gasteiger partial charge < -0.3 is 0 Å². The summed E-state index contributed by atoms with van der Waals surface area (Å²) in [5.41, 5.74) is 0.343. The first-order valence-electron chi connectivity index (χ1n) is 6.93. The van der Waals surface area contributed by atoms with Crippen LogP contribution in [0.25, 0.3) is 0 Å².